The van der Waals surface area contributed by atoms with Crippen LogP contribution in [0.25, 0.3) is 0 Å². The van der Waals surface area contributed by atoms with Crippen LogP contribution in [0.1, 0.15) is 39.5 Å². The summed E-state index contributed by atoms with van der Waals surface area (Å²) in [6.45, 7) is 7.41. The van der Waals surface area contributed by atoms with Gasteiger partial charge in [-0.3, -0.25) is 9.59 Å². The number of esters is 1. The molecule has 0 fully saturated rings. The number of carbonyl (C=O) groups is 2. The molecule has 0 aromatic rings. The summed E-state index contributed by atoms with van der Waals surface area (Å²) in [5.74, 6) is -1.70. The van der Waals surface area contributed by atoms with Crippen LogP contribution in [0, 0.1) is 11.3 Å². The average molecular weight is 346 g/mol. The van der Waals surface area contributed by atoms with Gasteiger partial charge in [0.15, 0.2) is 5.78 Å². The van der Waals surface area contributed by atoms with Crippen molar-refractivity contribution in [1.82, 2.24) is 0 Å². The topological polar surface area (TPSA) is 85.2 Å². The number of rotatable bonds is 8. The molecule has 129 valence electrons. The number of oxime groups is 1. The summed E-state index contributed by atoms with van der Waals surface area (Å²) >= 11 is 0. The van der Waals surface area contributed by atoms with Crippen molar-refractivity contribution in [2.24, 2.45) is 16.5 Å². The van der Waals surface area contributed by atoms with Crippen LogP contribution in [0.2, 0.25) is 0 Å². The van der Waals surface area contributed by atoms with Crippen LogP contribution in [-0.4, -0.2) is 66.3 Å². The number of Topliss-reactive ketones (excluding diaryl/α,β-unsaturated/α-hetero) is 1. The van der Waals surface area contributed by atoms with E-state index in [0.717, 1.165) is 0 Å². The monoisotopic (exact) mass is 346 g/mol. The molecule has 1 N–H and O–H groups in total. The second-order valence-corrected chi connectivity index (χ2v) is 6.18. The maximum atomic E-state index is 12.6. The molecule has 7 heteroatoms. The van der Waals surface area contributed by atoms with Crippen molar-refractivity contribution >= 4 is 47.5 Å². The van der Waals surface area contributed by atoms with E-state index in [1.165, 1.54) is 7.11 Å². The summed E-state index contributed by atoms with van der Waals surface area (Å²) in [5, 5.41) is 13.9. The Balaban J connectivity index is 0.00000529. The van der Waals surface area contributed by atoms with Crippen molar-refractivity contribution in [3.05, 3.63) is 24.0 Å². The molecule has 1 rings (SSSR count). The molecule has 0 amide bonds. The first-order valence-corrected chi connectivity index (χ1v) is 7.63. The van der Waals surface area contributed by atoms with Gasteiger partial charge in [0.05, 0.1) is 12.9 Å². The fraction of sp³-hybridized carbons (Fsp3) is 0.588. The Hall–Kier alpha value is -1.11. The number of ketones is 1. The van der Waals surface area contributed by atoms with Crippen LogP contribution in [0.5, 0.6) is 0 Å². The van der Waals surface area contributed by atoms with Crippen molar-refractivity contribution < 1.29 is 24.3 Å². The minimum atomic E-state index is -0.872. The van der Waals surface area contributed by atoms with Gasteiger partial charge in [0.2, 0.25) is 0 Å². The summed E-state index contributed by atoms with van der Waals surface area (Å²) < 4.78 is 4.75. The van der Waals surface area contributed by atoms with E-state index in [1.807, 2.05) is 0 Å². The van der Waals surface area contributed by atoms with Crippen molar-refractivity contribution in [1.29, 1.82) is 0 Å². The third-order valence-corrected chi connectivity index (χ3v) is 3.85. The van der Waals surface area contributed by atoms with Crippen LogP contribution >= 0.6 is 0 Å². The number of hydrogen-bond donors (Lipinski definition) is 1. The van der Waals surface area contributed by atoms with Gasteiger partial charge in [-0.15, -0.1) is 0 Å². The molecule has 0 aliphatic heterocycles. The standard InChI is InChI=1S/C17H25NO5.Na/c1-5-10-23-18-9-7-6-8-12-13(19)11-17(2,3)14(15(12)20)16(21)22-4;/h5,9,14,19H,1,6-8,10-11H2,2-4H3;. The van der Waals surface area contributed by atoms with Gasteiger partial charge in [-0.2, -0.15) is 0 Å². The second kappa shape index (κ2) is 10.7. The van der Waals surface area contributed by atoms with E-state index in [-0.39, 0.29) is 47.5 Å². The van der Waals surface area contributed by atoms with Gasteiger partial charge >= 0.3 is 5.97 Å². The summed E-state index contributed by atoms with van der Waals surface area (Å²) in [7, 11) is 1.27. The Morgan fingerprint density at radius 2 is 2.17 bits per heavy atom. The van der Waals surface area contributed by atoms with E-state index in [2.05, 4.69) is 11.7 Å². The third kappa shape index (κ3) is 6.07. The van der Waals surface area contributed by atoms with E-state index >= 15 is 0 Å². The van der Waals surface area contributed by atoms with Crippen LogP contribution < -0.4 is 0 Å². The predicted molar refractivity (Wildman–Crippen MR) is 92.8 cm³/mol. The zero-order chi connectivity index (χ0) is 17.5. The molecule has 1 unspecified atom stereocenters. The molecule has 0 bridgehead atoms. The van der Waals surface area contributed by atoms with Crippen molar-refractivity contribution in [2.75, 3.05) is 13.7 Å². The van der Waals surface area contributed by atoms with Gasteiger partial charge in [0.1, 0.15) is 12.5 Å². The molecule has 0 heterocycles. The van der Waals surface area contributed by atoms with Gasteiger partial charge in [-0.05, 0) is 24.7 Å². The first-order valence-electron chi connectivity index (χ1n) is 7.63. The molecule has 1 aliphatic rings. The second-order valence-electron chi connectivity index (χ2n) is 6.18. The van der Waals surface area contributed by atoms with Crippen molar-refractivity contribution in [3.8, 4) is 0 Å². The summed E-state index contributed by atoms with van der Waals surface area (Å²) in [4.78, 5) is 29.4. The maximum Gasteiger partial charge on any atom is 0.317 e. The van der Waals surface area contributed by atoms with E-state index in [1.54, 1.807) is 26.1 Å². The molecule has 24 heavy (non-hydrogen) atoms. The van der Waals surface area contributed by atoms with Gasteiger partial charge in [-0.1, -0.05) is 31.7 Å². The zero-order valence-electron chi connectivity index (χ0n) is 15.0. The molecule has 6 nitrogen and oxygen atoms in total. The Kier molecular flexibility index (Phi) is 10.2. The fourth-order valence-corrected chi connectivity index (χ4v) is 2.69. The predicted octanol–water partition coefficient (Wildman–Crippen LogP) is 2.56. The molecular formula is C17H25NNaO5. The smallest absolute Gasteiger partial charge is 0.317 e. The molecule has 1 radical (unpaired) electrons. The number of unbranched alkanes of at least 4 members (excludes halogenated alkanes) is 1. The molecule has 1 atom stereocenters. The van der Waals surface area contributed by atoms with E-state index in [9.17, 15) is 14.7 Å². The first-order chi connectivity index (χ1) is 10.8. The Bertz CT molecular complexity index is 525. The Morgan fingerprint density at radius 3 is 2.75 bits per heavy atom. The number of nitrogens with zero attached hydrogens (tertiary/aromatic N) is 1. The molecule has 0 aromatic heterocycles. The molecular weight excluding hydrogens is 321 g/mol. The van der Waals surface area contributed by atoms with Crippen LogP contribution in [0.15, 0.2) is 29.1 Å². The number of allylic oxidation sites excluding steroid dienone is 2. The minimum Gasteiger partial charge on any atom is -0.512 e. The SMILES string of the molecule is C=CCON=CCCCC1=C(O)CC(C)(C)C(C(=O)OC)C1=O.[Na]. The van der Waals surface area contributed by atoms with Gasteiger partial charge < -0.3 is 14.7 Å². The number of methoxy groups -OCH3 is 1. The van der Waals surface area contributed by atoms with Crippen LogP contribution in [-0.2, 0) is 19.2 Å². The third-order valence-electron chi connectivity index (χ3n) is 3.85. The molecule has 0 spiro atoms. The van der Waals surface area contributed by atoms with E-state index in [0.29, 0.717) is 31.4 Å². The van der Waals surface area contributed by atoms with Crippen molar-refractivity contribution in [3.63, 3.8) is 0 Å². The van der Waals surface area contributed by atoms with Gasteiger partial charge in [0.25, 0.3) is 0 Å². The Morgan fingerprint density at radius 1 is 1.50 bits per heavy atom. The molecule has 0 saturated carbocycles. The summed E-state index contributed by atoms with van der Waals surface area (Å²) in [5.41, 5.74) is -0.335. The van der Waals surface area contributed by atoms with E-state index in [4.69, 9.17) is 9.57 Å². The summed E-state index contributed by atoms with van der Waals surface area (Å²) in [6.07, 6.45) is 5.10. The average Bonchev–Trinajstić information content (AvgIpc) is 2.47. The largest absolute Gasteiger partial charge is 0.512 e. The minimum absolute atomic E-state index is 0. The Labute approximate surface area is 165 Å². The van der Waals surface area contributed by atoms with Crippen LogP contribution in [0.3, 0.4) is 0 Å². The number of carbonyl (C=O) groups excluding carboxylic acids is 2. The maximum absolute atomic E-state index is 12.6. The fourth-order valence-electron chi connectivity index (χ4n) is 2.69. The first kappa shape index (κ1) is 22.9. The molecule has 0 aromatic carbocycles. The van der Waals surface area contributed by atoms with Gasteiger partial charge in [-0.25, -0.2) is 0 Å². The normalized spacial score (nSPS) is 19.8. The van der Waals surface area contributed by atoms with Gasteiger partial charge in [0, 0.05) is 47.8 Å². The number of hydrogen-bond acceptors (Lipinski definition) is 6. The molecule has 0 saturated heterocycles. The number of aliphatic hydroxyl groups excluding tert-OH is 1. The van der Waals surface area contributed by atoms with Crippen molar-refractivity contribution in [2.45, 2.75) is 39.5 Å². The zero-order valence-corrected chi connectivity index (χ0v) is 17.0. The quantitative estimate of drug-likeness (QED) is 0.139. The van der Waals surface area contributed by atoms with E-state index < -0.39 is 17.3 Å². The number of aliphatic hydroxyl groups is 1. The molecule has 1 aliphatic carbocycles. The summed E-state index contributed by atoms with van der Waals surface area (Å²) in [6, 6.07) is 0. The number of ether oxygens (including phenoxy) is 1. The van der Waals surface area contributed by atoms with Crippen LogP contribution in [0.4, 0.5) is 0 Å².